The maximum atomic E-state index is 13.1. The number of amides is 3. The van der Waals surface area contributed by atoms with E-state index in [1.165, 1.54) is 24.5 Å². The van der Waals surface area contributed by atoms with E-state index in [4.69, 9.17) is 0 Å². The smallest absolute Gasteiger partial charge is 0.307 e. The number of carbonyl (C=O) groups is 2. The van der Waals surface area contributed by atoms with Crippen LogP contribution in [0.3, 0.4) is 0 Å². The van der Waals surface area contributed by atoms with Gasteiger partial charge in [0.2, 0.25) is 0 Å². The van der Waals surface area contributed by atoms with Gasteiger partial charge in [0, 0.05) is 23.6 Å². The minimum absolute atomic E-state index is 0.214. The minimum atomic E-state index is -4.90. The fourth-order valence-electron chi connectivity index (χ4n) is 1.67. The van der Waals surface area contributed by atoms with Gasteiger partial charge in [0.15, 0.2) is 0 Å². The Bertz CT molecular complexity index is 750. The molecule has 0 radical (unpaired) electrons. The molecule has 0 spiro atoms. The number of hydrogen-bond donors (Lipinski definition) is 3. The summed E-state index contributed by atoms with van der Waals surface area (Å²) >= 11 is 0. The van der Waals surface area contributed by atoms with Crippen molar-refractivity contribution in [1.82, 2.24) is 15.8 Å². The number of nitrogens with zero attached hydrogens (tertiary/aromatic N) is 1. The van der Waals surface area contributed by atoms with Crippen molar-refractivity contribution < 1.29 is 27.2 Å². The lowest BCUT2D eigenvalue weighted by atomic mass is 10.2. The van der Waals surface area contributed by atoms with Crippen LogP contribution in [0, 0.1) is 5.82 Å². The van der Waals surface area contributed by atoms with Gasteiger partial charge in [0.05, 0.1) is 5.56 Å². The van der Waals surface area contributed by atoms with E-state index in [0.717, 1.165) is 6.07 Å². The summed E-state index contributed by atoms with van der Waals surface area (Å²) < 4.78 is 50.9. The van der Waals surface area contributed by atoms with Crippen LogP contribution in [0.2, 0.25) is 0 Å². The Morgan fingerprint density at radius 2 is 1.67 bits per heavy atom. The minimum Gasteiger partial charge on any atom is -0.307 e. The molecule has 2 rings (SSSR count). The fraction of sp³-hybridized carbons (Fsp3) is 0.0714. The molecule has 0 aliphatic carbocycles. The third kappa shape index (κ3) is 4.41. The van der Waals surface area contributed by atoms with Gasteiger partial charge in [-0.2, -0.15) is 13.2 Å². The molecule has 0 bridgehead atoms. The zero-order valence-electron chi connectivity index (χ0n) is 11.8. The van der Waals surface area contributed by atoms with E-state index in [9.17, 15) is 27.2 Å². The third-order valence-electron chi connectivity index (χ3n) is 2.76. The molecule has 0 saturated carbocycles. The van der Waals surface area contributed by atoms with Crippen molar-refractivity contribution in [2.45, 2.75) is 6.18 Å². The molecular weight excluding hydrogens is 332 g/mol. The van der Waals surface area contributed by atoms with Crippen LogP contribution in [-0.2, 0) is 6.18 Å². The van der Waals surface area contributed by atoms with Crippen molar-refractivity contribution >= 4 is 17.6 Å². The standard InChI is InChI=1S/C14H10F4N4O2/c15-11-2-1-9(7-10(11)14(16,17)18)20-13(24)22-21-12(23)8-3-5-19-6-4-8/h1-7H,(H,21,23)(H2,20,22,24). The second-order valence-electron chi connectivity index (χ2n) is 4.46. The maximum absolute atomic E-state index is 13.1. The Labute approximate surface area is 132 Å². The largest absolute Gasteiger partial charge is 0.419 e. The van der Waals surface area contributed by atoms with Gasteiger partial charge in [-0.1, -0.05) is 0 Å². The predicted molar refractivity (Wildman–Crippen MR) is 75.3 cm³/mol. The molecule has 0 aliphatic heterocycles. The average Bonchev–Trinajstić information content (AvgIpc) is 2.54. The zero-order valence-corrected chi connectivity index (χ0v) is 11.8. The van der Waals surface area contributed by atoms with Crippen LogP contribution < -0.4 is 16.2 Å². The summed E-state index contributed by atoms with van der Waals surface area (Å²) in [6.45, 7) is 0. The third-order valence-corrected chi connectivity index (χ3v) is 2.76. The number of pyridine rings is 1. The molecule has 2 aromatic rings. The van der Waals surface area contributed by atoms with E-state index in [1.54, 1.807) is 0 Å². The summed E-state index contributed by atoms with van der Waals surface area (Å²) in [7, 11) is 0. The number of aromatic nitrogens is 1. The van der Waals surface area contributed by atoms with Gasteiger partial charge in [-0.05, 0) is 30.3 Å². The number of rotatable bonds is 2. The lowest BCUT2D eigenvalue weighted by molar-refractivity contribution is -0.139. The van der Waals surface area contributed by atoms with Crippen LogP contribution in [-0.4, -0.2) is 16.9 Å². The van der Waals surface area contributed by atoms with Crippen molar-refractivity contribution in [2.24, 2.45) is 0 Å². The number of halogens is 4. The molecule has 0 atom stereocenters. The van der Waals surface area contributed by atoms with Crippen LogP contribution in [0.4, 0.5) is 28.0 Å². The molecule has 3 amide bonds. The lowest BCUT2D eigenvalue weighted by Crippen LogP contribution is -2.43. The zero-order chi connectivity index (χ0) is 17.7. The molecule has 0 fully saturated rings. The van der Waals surface area contributed by atoms with E-state index >= 15 is 0 Å². The Hall–Kier alpha value is -3.17. The van der Waals surface area contributed by atoms with Crippen LogP contribution in [0.25, 0.3) is 0 Å². The molecule has 24 heavy (non-hydrogen) atoms. The van der Waals surface area contributed by atoms with Crippen molar-refractivity contribution in [3.63, 3.8) is 0 Å². The first-order chi connectivity index (χ1) is 11.3. The fourth-order valence-corrected chi connectivity index (χ4v) is 1.67. The van der Waals surface area contributed by atoms with Crippen molar-refractivity contribution in [3.8, 4) is 0 Å². The second kappa shape index (κ2) is 6.94. The summed E-state index contributed by atoms with van der Waals surface area (Å²) in [4.78, 5) is 26.9. The number of hydrazine groups is 1. The number of anilines is 1. The molecule has 10 heteroatoms. The highest BCUT2D eigenvalue weighted by Crippen LogP contribution is 2.32. The molecule has 0 saturated heterocycles. The first kappa shape index (κ1) is 17.2. The monoisotopic (exact) mass is 342 g/mol. The van der Waals surface area contributed by atoms with Gasteiger partial charge in [-0.3, -0.25) is 15.2 Å². The Morgan fingerprint density at radius 1 is 1.00 bits per heavy atom. The van der Waals surface area contributed by atoms with E-state index < -0.39 is 29.5 Å². The van der Waals surface area contributed by atoms with Crippen LogP contribution >= 0.6 is 0 Å². The van der Waals surface area contributed by atoms with Gasteiger partial charge >= 0.3 is 12.2 Å². The predicted octanol–water partition coefficient (Wildman–Crippen LogP) is 2.71. The summed E-state index contributed by atoms with van der Waals surface area (Å²) in [5.74, 6) is -2.11. The topological polar surface area (TPSA) is 83.1 Å². The van der Waals surface area contributed by atoms with Gasteiger partial charge in [-0.25, -0.2) is 14.6 Å². The molecule has 0 aliphatic rings. The van der Waals surface area contributed by atoms with Gasteiger partial charge < -0.3 is 5.32 Å². The highest BCUT2D eigenvalue weighted by Gasteiger charge is 2.34. The molecule has 0 unspecified atom stereocenters. The molecule has 126 valence electrons. The summed E-state index contributed by atoms with van der Waals surface area (Å²) in [6, 6.07) is 3.76. The number of nitrogens with one attached hydrogen (secondary N) is 3. The molecule has 1 aromatic carbocycles. The Kier molecular flexibility index (Phi) is 4.97. The number of urea groups is 1. The Morgan fingerprint density at radius 3 is 2.29 bits per heavy atom. The van der Waals surface area contributed by atoms with Crippen molar-refractivity contribution in [3.05, 3.63) is 59.7 Å². The average molecular weight is 342 g/mol. The maximum Gasteiger partial charge on any atom is 0.419 e. The summed E-state index contributed by atoms with van der Waals surface area (Å²) in [6.07, 6.45) is -2.16. The molecule has 6 nitrogen and oxygen atoms in total. The molecule has 1 heterocycles. The number of alkyl halides is 3. The Balaban J connectivity index is 1.97. The SMILES string of the molecule is O=C(NNC(=O)c1ccncc1)Nc1ccc(F)c(C(F)(F)F)c1. The number of carbonyl (C=O) groups excluding carboxylic acids is 2. The first-order valence-corrected chi connectivity index (χ1v) is 6.41. The summed E-state index contributed by atoms with van der Waals surface area (Å²) in [5.41, 5.74) is 2.42. The van der Waals surface area contributed by atoms with Crippen molar-refractivity contribution in [2.75, 3.05) is 5.32 Å². The van der Waals surface area contributed by atoms with Crippen molar-refractivity contribution in [1.29, 1.82) is 0 Å². The second-order valence-corrected chi connectivity index (χ2v) is 4.46. The quantitative estimate of drug-likeness (QED) is 0.580. The molecular formula is C14H10F4N4O2. The van der Waals surface area contributed by atoms with Gasteiger partial charge in [-0.15, -0.1) is 0 Å². The first-order valence-electron chi connectivity index (χ1n) is 6.41. The highest BCUT2D eigenvalue weighted by atomic mass is 19.4. The number of benzene rings is 1. The van der Waals surface area contributed by atoms with Crippen LogP contribution in [0.15, 0.2) is 42.7 Å². The molecule has 1 aromatic heterocycles. The highest BCUT2D eigenvalue weighted by molar-refractivity contribution is 5.96. The van der Waals surface area contributed by atoms with Crippen LogP contribution in [0.5, 0.6) is 0 Å². The van der Waals surface area contributed by atoms with E-state index in [0.29, 0.717) is 12.1 Å². The molecule has 3 N–H and O–H groups in total. The summed E-state index contributed by atoms with van der Waals surface area (Å²) in [5, 5.41) is 2.04. The van der Waals surface area contributed by atoms with E-state index in [-0.39, 0.29) is 11.3 Å². The number of hydrogen-bond acceptors (Lipinski definition) is 3. The normalized spacial score (nSPS) is 10.8. The van der Waals surface area contributed by atoms with Gasteiger partial charge in [0.25, 0.3) is 5.91 Å². The van der Waals surface area contributed by atoms with Gasteiger partial charge in [0.1, 0.15) is 5.82 Å². The van der Waals surface area contributed by atoms with E-state index in [2.05, 4.69) is 10.4 Å². The lowest BCUT2D eigenvalue weighted by Gasteiger charge is -2.12. The van der Waals surface area contributed by atoms with E-state index in [1.807, 2.05) is 10.7 Å². The van der Waals surface area contributed by atoms with Crippen LogP contribution in [0.1, 0.15) is 15.9 Å².